The number of nitrogens with zero attached hydrogens (tertiary/aromatic N) is 5. The van der Waals surface area contributed by atoms with E-state index in [-0.39, 0.29) is 17.3 Å². The lowest BCUT2D eigenvalue weighted by Gasteiger charge is -2.36. The standard InChI is InChI=1S/C23H24FN5O2/c1-17(29-22(30)9-8-21(26-29)19-4-6-20(24)7-5-19)23(31)28-13-11-27(12-14-28)16-18-3-2-10-25-15-18/h2-10,15,17H,11-14,16H2,1H3. The molecule has 160 valence electrons. The van der Waals surface area contributed by atoms with Crippen LogP contribution < -0.4 is 5.56 Å². The van der Waals surface area contributed by atoms with E-state index in [9.17, 15) is 14.0 Å². The molecule has 1 unspecified atom stereocenters. The number of amides is 1. The van der Waals surface area contributed by atoms with Crippen LogP contribution in [0.5, 0.6) is 0 Å². The Labute approximate surface area is 179 Å². The molecule has 2 aromatic heterocycles. The van der Waals surface area contributed by atoms with Crippen molar-refractivity contribution in [1.82, 2.24) is 24.6 Å². The molecule has 7 nitrogen and oxygen atoms in total. The number of carbonyl (C=O) groups excluding carboxylic acids is 1. The molecular weight excluding hydrogens is 397 g/mol. The smallest absolute Gasteiger partial charge is 0.267 e. The molecule has 0 bridgehead atoms. The van der Waals surface area contributed by atoms with Crippen molar-refractivity contribution in [2.75, 3.05) is 26.2 Å². The molecular formula is C23H24FN5O2. The average Bonchev–Trinajstić information content (AvgIpc) is 2.80. The Bertz CT molecular complexity index is 1090. The molecule has 4 rings (SSSR count). The van der Waals surface area contributed by atoms with E-state index >= 15 is 0 Å². The third-order valence-corrected chi connectivity index (χ3v) is 5.50. The zero-order valence-electron chi connectivity index (χ0n) is 17.3. The first-order valence-corrected chi connectivity index (χ1v) is 10.3. The number of hydrogen-bond acceptors (Lipinski definition) is 5. The number of pyridine rings is 1. The minimum absolute atomic E-state index is 0.133. The lowest BCUT2D eigenvalue weighted by Crippen LogP contribution is -2.50. The predicted octanol–water partition coefficient (Wildman–Crippen LogP) is 2.35. The van der Waals surface area contributed by atoms with E-state index in [2.05, 4.69) is 15.0 Å². The first kappa shape index (κ1) is 20.9. The van der Waals surface area contributed by atoms with E-state index in [1.54, 1.807) is 36.2 Å². The van der Waals surface area contributed by atoms with Crippen molar-refractivity contribution in [2.45, 2.75) is 19.5 Å². The molecule has 1 atom stereocenters. The Balaban J connectivity index is 1.43. The number of halogens is 1. The highest BCUT2D eigenvalue weighted by Gasteiger charge is 2.27. The van der Waals surface area contributed by atoms with Crippen LogP contribution in [0, 0.1) is 5.82 Å². The first-order valence-electron chi connectivity index (χ1n) is 10.3. The number of aromatic nitrogens is 3. The van der Waals surface area contributed by atoms with Crippen LogP contribution in [-0.2, 0) is 11.3 Å². The Morgan fingerprint density at radius 2 is 1.81 bits per heavy atom. The van der Waals surface area contributed by atoms with Crippen molar-refractivity contribution in [1.29, 1.82) is 0 Å². The van der Waals surface area contributed by atoms with Crippen molar-refractivity contribution >= 4 is 5.91 Å². The van der Waals surface area contributed by atoms with Gasteiger partial charge in [0.2, 0.25) is 5.91 Å². The van der Waals surface area contributed by atoms with Gasteiger partial charge in [-0.05, 0) is 48.9 Å². The van der Waals surface area contributed by atoms with Crippen LogP contribution in [0.2, 0.25) is 0 Å². The molecule has 1 aromatic carbocycles. The van der Waals surface area contributed by atoms with Crippen LogP contribution in [-0.4, -0.2) is 56.7 Å². The highest BCUT2D eigenvalue weighted by atomic mass is 19.1. The molecule has 1 saturated heterocycles. The largest absolute Gasteiger partial charge is 0.338 e. The molecule has 1 amide bonds. The molecule has 8 heteroatoms. The van der Waals surface area contributed by atoms with Gasteiger partial charge in [-0.2, -0.15) is 5.10 Å². The summed E-state index contributed by atoms with van der Waals surface area (Å²) in [6, 6.07) is 12.1. The molecule has 1 fully saturated rings. The zero-order valence-corrected chi connectivity index (χ0v) is 17.3. The maximum absolute atomic E-state index is 13.2. The Hall–Kier alpha value is -3.39. The summed E-state index contributed by atoms with van der Waals surface area (Å²) in [4.78, 5) is 33.7. The molecule has 0 N–H and O–H groups in total. The fourth-order valence-electron chi connectivity index (χ4n) is 3.72. The highest BCUT2D eigenvalue weighted by Crippen LogP contribution is 2.18. The number of piperazine rings is 1. The van der Waals surface area contributed by atoms with Gasteiger partial charge in [-0.3, -0.25) is 19.5 Å². The van der Waals surface area contributed by atoms with Crippen LogP contribution in [0.4, 0.5) is 4.39 Å². The number of benzene rings is 1. The van der Waals surface area contributed by atoms with E-state index < -0.39 is 6.04 Å². The van der Waals surface area contributed by atoms with Crippen LogP contribution in [0.15, 0.2) is 65.7 Å². The van der Waals surface area contributed by atoms with Gasteiger partial charge in [0.15, 0.2) is 0 Å². The summed E-state index contributed by atoms with van der Waals surface area (Å²) in [6.45, 7) is 5.18. The topological polar surface area (TPSA) is 71.3 Å². The van der Waals surface area contributed by atoms with Gasteiger partial charge in [0.1, 0.15) is 11.9 Å². The third kappa shape index (κ3) is 4.86. The lowest BCUT2D eigenvalue weighted by atomic mass is 10.1. The average molecular weight is 421 g/mol. The fraction of sp³-hybridized carbons (Fsp3) is 0.304. The SMILES string of the molecule is CC(C(=O)N1CCN(Cc2cccnc2)CC1)n1nc(-c2ccc(F)cc2)ccc1=O. The van der Waals surface area contributed by atoms with E-state index in [1.807, 2.05) is 18.3 Å². The van der Waals surface area contributed by atoms with Crippen molar-refractivity contribution in [3.8, 4) is 11.3 Å². The van der Waals surface area contributed by atoms with E-state index in [0.717, 1.165) is 25.2 Å². The minimum Gasteiger partial charge on any atom is -0.338 e. The lowest BCUT2D eigenvalue weighted by molar-refractivity contribution is -0.136. The maximum Gasteiger partial charge on any atom is 0.267 e. The Morgan fingerprint density at radius 3 is 2.48 bits per heavy atom. The minimum atomic E-state index is -0.724. The molecule has 0 radical (unpaired) electrons. The van der Waals surface area contributed by atoms with E-state index in [4.69, 9.17) is 0 Å². The first-order chi connectivity index (χ1) is 15.0. The Morgan fingerprint density at radius 1 is 1.06 bits per heavy atom. The van der Waals surface area contributed by atoms with Crippen LogP contribution in [0.3, 0.4) is 0 Å². The van der Waals surface area contributed by atoms with Gasteiger partial charge >= 0.3 is 0 Å². The van der Waals surface area contributed by atoms with Crippen LogP contribution in [0.1, 0.15) is 18.5 Å². The van der Waals surface area contributed by atoms with Crippen LogP contribution in [0.25, 0.3) is 11.3 Å². The number of hydrogen-bond donors (Lipinski definition) is 0. The van der Waals surface area contributed by atoms with Gasteiger partial charge in [0.25, 0.3) is 5.56 Å². The molecule has 31 heavy (non-hydrogen) atoms. The number of rotatable bonds is 5. The van der Waals surface area contributed by atoms with Crippen molar-refractivity contribution in [2.24, 2.45) is 0 Å². The third-order valence-electron chi connectivity index (χ3n) is 5.50. The van der Waals surface area contributed by atoms with Gasteiger partial charge in [-0.15, -0.1) is 0 Å². The van der Waals surface area contributed by atoms with Gasteiger partial charge in [0, 0.05) is 56.7 Å². The molecule has 3 heterocycles. The quantitative estimate of drug-likeness (QED) is 0.633. The molecule has 1 aliphatic rings. The molecule has 0 spiro atoms. The molecule has 0 saturated carbocycles. The van der Waals surface area contributed by atoms with Gasteiger partial charge in [-0.1, -0.05) is 6.07 Å². The molecule has 3 aromatic rings. The van der Waals surface area contributed by atoms with E-state index in [1.165, 1.54) is 22.9 Å². The summed E-state index contributed by atoms with van der Waals surface area (Å²) in [5, 5.41) is 4.38. The monoisotopic (exact) mass is 421 g/mol. The molecule has 0 aliphatic carbocycles. The summed E-state index contributed by atoms with van der Waals surface area (Å²) >= 11 is 0. The van der Waals surface area contributed by atoms with Crippen molar-refractivity contribution in [3.05, 3.63) is 82.7 Å². The maximum atomic E-state index is 13.2. The Kier molecular flexibility index (Phi) is 6.18. The summed E-state index contributed by atoms with van der Waals surface area (Å²) in [7, 11) is 0. The van der Waals surface area contributed by atoms with Crippen molar-refractivity contribution in [3.63, 3.8) is 0 Å². The van der Waals surface area contributed by atoms with Gasteiger partial charge in [-0.25, -0.2) is 9.07 Å². The summed E-state index contributed by atoms with van der Waals surface area (Å²) < 4.78 is 14.4. The van der Waals surface area contributed by atoms with Crippen LogP contribution >= 0.6 is 0 Å². The fourth-order valence-corrected chi connectivity index (χ4v) is 3.72. The van der Waals surface area contributed by atoms with Gasteiger partial charge < -0.3 is 4.90 Å². The second-order valence-corrected chi connectivity index (χ2v) is 7.65. The zero-order chi connectivity index (χ0) is 21.8. The highest BCUT2D eigenvalue weighted by molar-refractivity contribution is 5.80. The van der Waals surface area contributed by atoms with E-state index in [0.29, 0.717) is 24.3 Å². The summed E-state index contributed by atoms with van der Waals surface area (Å²) in [5.74, 6) is -0.477. The molecule has 1 aliphatic heterocycles. The summed E-state index contributed by atoms with van der Waals surface area (Å²) in [6.07, 6.45) is 3.61. The second-order valence-electron chi connectivity index (χ2n) is 7.65. The summed E-state index contributed by atoms with van der Waals surface area (Å²) in [5.41, 5.74) is 1.99. The second kappa shape index (κ2) is 9.18. The van der Waals surface area contributed by atoms with Gasteiger partial charge in [0.05, 0.1) is 5.69 Å². The predicted molar refractivity (Wildman–Crippen MR) is 115 cm³/mol. The normalized spacial score (nSPS) is 15.6. The number of carbonyl (C=O) groups is 1. The van der Waals surface area contributed by atoms with Crippen molar-refractivity contribution < 1.29 is 9.18 Å².